The SMILES string of the molecule is CCOC(=O)[C@H](C)n1nc(-c2ccc([N+](=O)[O-])cc2)ccc1=O. The van der Waals surface area contributed by atoms with E-state index in [0.717, 1.165) is 4.68 Å². The molecule has 1 aromatic carbocycles. The zero-order valence-corrected chi connectivity index (χ0v) is 12.6. The van der Waals surface area contributed by atoms with Crippen LogP contribution in [0.5, 0.6) is 0 Å². The molecule has 23 heavy (non-hydrogen) atoms. The summed E-state index contributed by atoms with van der Waals surface area (Å²) in [5.41, 5.74) is 0.550. The second-order valence-corrected chi connectivity index (χ2v) is 4.73. The Kier molecular flexibility index (Phi) is 4.85. The summed E-state index contributed by atoms with van der Waals surface area (Å²) in [7, 11) is 0. The van der Waals surface area contributed by atoms with Crippen LogP contribution in [0.4, 0.5) is 5.69 Å². The number of hydrogen-bond donors (Lipinski definition) is 0. The summed E-state index contributed by atoms with van der Waals surface area (Å²) in [5.74, 6) is -0.553. The van der Waals surface area contributed by atoms with Crippen LogP contribution in [0.1, 0.15) is 19.9 Å². The van der Waals surface area contributed by atoms with E-state index in [0.29, 0.717) is 11.3 Å². The molecular formula is C15H15N3O5. The largest absolute Gasteiger partial charge is 0.464 e. The number of carbonyl (C=O) groups excluding carboxylic acids is 1. The molecule has 8 nitrogen and oxygen atoms in total. The lowest BCUT2D eigenvalue weighted by molar-refractivity contribution is -0.384. The normalized spacial score (nSPS) is 11.7. The lowest BCUT2D eigenvalue weighted by Gasteiger charge is -2.13. The highest BCUT2D eigenvalue weighted by Crippen LogP contribution is 2.20. The van der Waals surface area contributed by atoms with Gasteiger partial charge in [0.05, 0.1) is 17.2 Å². The number of ether oxygens (including phenoxy) is 1. The van der Waals surface area contributed by atoms with E-state index >= 15 is 0 Å². The third-order valence-electron chi connectivity index (χ3n) is 3.19. The summed E-state index contributed by atoms with van der Waals surface area (Å²) < 4.78 is 5.92. The van der Waals surface area contributed by atoms with Crippen molar-refractivity contribution in [2.45, 2.75) is 19.9 Å². The van der Waals surface area contributed by atoms with Gasteiger partial charge in [0.25, 0.3) is 11.2 Å². The fourth-order valence-corrected chi connectivity index (χ4v) is 1.97. The van der Waals surface area contributed by atoms with Gasteiger partial charge in [0.2, 0.25) is 0 Å². The molecule has 0 spiro atoms. The Hall–Kier alpha value is -3.03. The minimum atomic E-state index is -0.861. The molecule has 0 N–H and O–H groups in total. The predicted octanol–water partition coefficient (Wildman–Crippen LogP) is 1.94. The van der Waals surface area contributed by atoms with Crippen LogP contribution in [-0.2, 0) is 9.53 Å². The molecule has 0 aliphatic heterocycles. The third kappa shape index (κ3) is 3.60. The average molecular weight is 317 g/mol. The van der Waals surface area contributed by atoms with Gasteiger partial charge in [-0.2, -0.15) is 5.10 Å². The Labute approximate surface area is 131 Å². The molecule has 2 rings (SSSR count). The van der Waals surface area contributed by atoms with E-state index in [2.05, 4.69) is 5.10 Å². The molecule has 0 aliphatic rings. The van der Waals surface area contributed by atoms with Gasteiger partial charge in [-0.05, 0) is 32.0 Å². The van der Waals surface area contributed by atoms with Crippen LogP contribution in [0.15, 0.2) is 41.2 Å². The van der Waals surface area contributed by atoms with E-state index in [1.165, 1.54) is 43.3 Å². The predicted molar refractivity (Wildman–Crippen MR) is 81.9 cm³/mol. The van der Waals surface area contributed by atoms with Gasteiger partial charge in [-0.3, -0.25) is 14.9 Å². The number of nitro benzene ring substituents is 1. The molecule has 120 valence electrons. The molecule has 1 aromatic heterocycles. The van der Waals surface area contributed by atoms with Crippen molar-refractivity contribution in [1.82, 2.24) is 9.78 Å². The van der Waals surface area contributed by atoms with Crippen LogP contribution >= 0.6 is 0 Å². The van der Waals surface area contributed by atoms with Gasteiger partial charge in [0.15, 0.2) is 6.04 Å². The Balaban J connectivity index is 2.38. The number of benzene rings is 1. The van der Waals surface area contributed by atoms with Crippen LogP contribution in [0.3, 0.4) is 0 Å². The van der Waals surface area contributed by atoms with E-state index in [9.17, 15) is 19.7 Å². The second-order valence-electron chi connectivity index (χ2n) is 4.73. The van der Waals surface area contributed by atoms with Crippen molar-refractivity contribution in [2.75, 3.05) is 6.61 Å². The molecule has 0 amide bonds. The number of nitro groups is 1. The van der Waals surface area contributed by atoms with Crippen molar-refractivity contribution in [2.24, 2.45) is 0 Å². The molecule has 1 heterocycles. The number of aromatic nitrogens is 2. The second kappa shape index (κ2) is 6.82. The number of rotatable bonds is 5. The maximum atomic E-state index is 11.9. The fraction of sp³-hybridized carbons (Fsp3) is 0.267. The summed E-state index contributed by atoms with van der Waals surface area (Å²) in [6.45, 7) is 3.40. The first-order valence-corrected chi connectivity index (χ1v) is 6.95. The summed E-state index contributed by atoms with van der Waals surface area (Å²) >= 11 is 0. The monoisotopic (exact) mass is 317 g/mol. The fourth-order valence-electron chi connectivity index (χ4n) is 1.97. The smallest absolute Gasteiger partial charge is 0.330 e. The van der Waals surface area contributed by atoms with Gasteiger partial charge >= 0.3 is 5.97 Å². The highest BCUT2D eigenvalue weighted by Gasteiger charge is 2.19. The Morgan fingerprint density at radius 1 is 1.30 bits per heavy atom. The average Bonchev–Trinajstić information content (AvgIpc) is 2.55. The molecule has 0 unspecified atom stereocenters. The highest BCUT2D eigenvalue weighted by molar-refractivity contribution is 5.73. The van der Waals surface area contributed by atoms with Crippen molar-refractivity contribution >= 4 is 11.7 Å². The number of carbonyl (C=O) groups is 1. The van der Waals surface area contributed by atoms with Crippen LogP contribution in [0.25, 0.3) is 11.3 Å². The first kappa shape index (κ1) is 16.3. The summed E-state index contributed by atoms with van der Waals surface area (Å²) in [6, 6.07) is 7.69. The maximum absolute atomic E-state index is 11.9. The van der Waals surface area contributed by atoms with Gasteiger partial charge in [-0.25, -0.2) is 9.48 Å². The van der Waals surface area contributed by atoms with E-state index in [4.69, 9.17) is 4.74 Å². The third-order valence-corrected chi connectivity index (χ3v) is 3.19. The van der Waals surface area contributed by atoms with Crippen molar-refractivity contribution in [3.05, 3.63) is 56.9 Å². The Morgan fingerprint density at radius 2 is 1.96 bits per heavy atom. The molecule has 0 aliphatic carbocycles. The molecule has 0 saturated heterocycles. The Bertz CT molecular complexity index is 782. The van der Waals surface area contributed by atoms with Crippen molar-refractivity contribution in [1.29, 1.82) is 0 Å². The number of hydrogen-bond acceptors (Lipinski definition) is 6. The molecule has 0 radical (unpaired) electrons. The molecule has 2 aromatic rings. The van der Waals surface area contributed by atoms with Gasteiger partial charge in [0, 0.05) is 23.8 Å². The molecule has 0 fully saturated rings. The van der Waals surface area contributed by atoms with Crippen LogP contribution in [0.2, 0.25) is 0 Å². The molecule has 1 atom stereocenters. The maximum Gasteiger partial charge on any atom is 0.330 e. The number of nitrogens with zero attached hydrogens (tertiary/aromatic N) is 3. The van der Waals surface area contributed by atoms with E-state index < -0.39 is 22.5 Å². The number of esters is 1. The van der Waals surface area contributed by atoms with Crippen molar-refractivity contribution in [3.8, 4) is 11.3 Å². The lowest BCUT2D eigenvalue weighted by Crippen LogP contribution is -2.31. The molecule has 0 bridgehead atoms. The van der Waals surface area contributed by atoms with Gasteiger partial charge < -0.3 is 4.74 Å². The van der Waals surface area contributed by atoms with Crippen molar-refractivity contribution < 1.29 is 14.5 Å². The minimum Gasteiger partial charge on any atom is -0.464 e. The van der Waals surface area contributed by atoms with Crippen LogP contribution in [-0.4, -0.2) is 27.3 Å². The summed E-state index contributed by atoms with van der Waals surface area (Å²) in [6.07, 6.45) is 0. The summed E-state index contributed by atoms with van der Waals surface area (Å²) in [5, 5.41) is 14.8. The quantitative estimate of drug-likeness (QED) is 0.474. The summed E-state index contributed by atoms with van der Waals surface area (Å²) in [4.78, 5) is 33.8. The topological polar surface area (TPSA) is 104 Å². The van der Waals surface area contributed by atoms with Gasteiger partial charge in [-0.15, -0.1) is 0 Å². The van der Waals surface area contributed by atoms with Crippen LogP contribution < -0.4 is 5.56 Å². The standard InChI is InChI=1S/C15H15N3O5/c1-3-23-15(20)10(2)17-14(19)9-8-13(16-17)11-4-6-12(7-5-11)18(21)22/h4-10H,3H2,1-2H3/t10-/m0/s1. The van der Waals surface area contributed by atoms with Gasteiger partial charge in [-0.1, -0.05) is 0 Å². The lowest BCUT2D eigenvalue weighted by atomic mass is 10.1. The van der Waals surface area contributed by atoms with Crippen molar-refractivity contribution in [3.63, 3.8) is 0 Å². The highest BCUT2D eigenvalue weighted by atomic mass is 16.6. The molecule has 8 heteroatoms. The Morgan fingerprint density at radius 3 is 2.52 bits per heavy atom. The zero-order chi connectivity index (χ0) is 17.0. The zero-order valence-electron chi connectivity index (χ0n) is 12.6. The van der Waals surface area contributed by atoms with Gasteiger partial charge in [0.1, 0.15) is 0 Å². The van der Waals surface area contributed by atoms with E-state index in [1.807, 2.05) is 0 Å². The number of non-ortho nitro benzene ring substituents is 1. The van der Waals surface area contributed by atoms with E-state index in [1.54, 1.807) is 6.92 Å². The molecular weight excluding hydrogens is 302 g/mol. The van der Waals surface area contributed by atoms with Crippen LogP contribution in [0, 0.1) is 10.1 Å². The van der Waals surface area contributed by atoms with E-state index in [-0.39, 0.29) is 12.3 Å². The first-order chi connectivity index (χ1) is 10.9. The first-order valence-electron chi connectivity index (χ1n) is 6.95. The minimum absolute atomic E-state index is 0.0398. The molecule has 0 saturated carbocycles.